The summed E-state index contributed by atoms with van der Waals surface area (Å²) in [5, 5.41) is 5.35. The van der Waals surface area contributed by atoms with Crippen LogP contribution in [0.2, 0.25) is 0 Å². The van der Waals surface area contributed by atoms with Crippen molar-refractivity contribution in [3.05, 3.63) is 108 Å². The SMILES string of the molecule is CC1(C)c2c(ccc3ccc(-c4ccccc4)cc23)-c2ccc3[nH]c4ccccc4c3c21. The lowest BCUT2D eigenvalue weighted by Crippen LogP contribution is -2.16. The van der Waals surface area contributed by atoms with Crippen molar-refractivity contribution in [2.75, 3.05) is 0 Å². The smallest absolute Gasteiger partial charge is 0.0468 e. The van der Waals surface area contributed by atoms with E-state index in [0.717, 1.165) is 0 Å². The number of para-hydroxylation sites is 1. The van der Waals surface area contributed by atoms with Gasteiger partial charge in [0.15, 0.2) is 0 Å². The van der Waals surface area contributed by atoms with Crippen LogP contribution in [-0.4, -0.2) is 4.98 Å². The Morgan fingerprint density at radius 1 is 0.562 bits per heavy atom. The molecule has 0 atom stereocenters. The van der Waals surface area contributed by atoms with Crippen molar-refractivity contribution in [1.82, 2.24) is 4.98 Å². The summed E-state index contributed by atoms with van der Waals surface area (Å²) in [5.41, 5.74) is 10.5. The number of hydrogen-bond donors (Lipinski definition) is 1. The highest BCUT2D eigenvalue weighted by Gasteiger charge is 2.39. The van der Waals surface area contributed by atoms with E-state index in [9.17, 15) is 0 Å². The molecule has 1 aromatic heterocycles. The molecule has 0 saturated carbocycles. The molecule has 32 heavy (non-hydrogen) atoms. The van der Waals surface area contributed by atoms with Crippen LogP contribution in [0.4, 0.5) is 0 Å². The number of nitrogens with one attached hydrogen (secondary N) is 1. The fourth-order valence-electron chi connectivity index (χ4n) is 5.97. The van der Waals surface area contributed by atoms with E-state index < -0.39 is 0 Å². The first kappa shape index (κ1) is 17.8. The number of hydrogen-bond acceptors (Lipinski definition) is 0. The first-order valence-electron chi connectivity index (χ1n) is 11.3. The lowest BCUT2D eigenvalue weighted by Gasteiger charge is -2.24. The van der Waals surface area contributed by atoms with E-state index in [1.54, 1.807) is 0 Å². The predicted molar refractivity (Wildman–Crippen MR) is 136 cm³/mol. The zero-order chi connectivity index (χ0) is 21.4. The molecule has 1 aliphatic rings. The number of rotatable bonds is 1. The fraction of sp³-hybridized carbons (Fsp3) is 0.0968. The lowest BCUT2D eigenvalue weighted by atomic mass is 9.78. The minimum atomic E-state index is -0.0933. The average molecular weight is 410 g/mol. The molecule has 152 valence electrons. The van der Waals surface area contributed by atoms with Gasteiger partial charge in [-0.05, 0) is 62.4 Å². The van der Waals surface area contributed by atoms with Crippen LogP contribution in [0.1, 0.15) is 25.0 Å². The van der Waals surface area contributed by atoms with Gasteiger partial charge in [-0.3, -0.25) is 0 Å². The van der Waals surface area contributed by atoms with Gasteiger partial charge in [0, 0.05) is 27.2 Å². The highest BCUT2D eigenvalue weighted by atomic mass is 14.7. The third kappa shape index (κ3) is 2.23. The number of aromatic nitrogens is 1. The molecule has 1 heteroatoms. The molecule has 1 aliphatic carbocycles. The molecule has 0 amide bonds. The van der Waals surface area contributed by atoms with Crippen molar-refractivity contribution in [2.45, 2.75) is 19.3 Å². The summed E-state index contributed by atoms with van der Waals surface area (Å²) in [4.78, 5) is 3.64. The summed E-state index contributed by atoms with van der Waals surface area (Å²) in [6, 6.07) is 35.5. The molecule has 1 N–H and O–H groups in total. The van der Waals surface area contributed by atoms with Crippen LogP contribution < -0.4 is 0 Å². The van der Waals surface area contributed by atoms with Gasteiger partial charge >= 0.3 is 0 Å². The van der Waals surface area contributed by atoms with Crippen molar-refractivity contribution < 1.29 is 0 Å². The minimum absolute atomic E-state index is 0.0933. The molecule has 1 heterocycles. The van der Waals surface area contributed by atoms with Crippen molar-refractivity contribution in [3.8, 4) is 22.3 Å². The van der Waals surface area contributed by atoms with Gasteiger partial charge in [0.2, 0.25) is 0 Å². The topological polar surface area (TPSA) is 15.8 Å². The lowest BCUT2D eigenvalue weighted by molar-refractivity contribution is 0.672. The summed E-state index contributed by atoms with van der Waals surface area (Å²) < 4.78 is 0. The summed E-state index contributed by atoms with van der Waals surface area (Å²) in [6.45, 7) is 4.79. The Balaban J connectivity index is 1.58. The van der Waals surface area contributed by atoms with Crippen LogP contribution >= 0.6 is 0 Å². The Bertz CT molecular complexity index is 1680. The van der Waals surface area contributed by atoms with Gasteiger partial charge in [-0.2, -0.15) is 0 Å². The van der Waals surface area contributed by atoms with E-state index in [4.69, 9.17) is 0 Å². The Hall–Kier alpha value is -3.84. The van der Waals surface area contributed by atoms with Crippen molar-refractivity contribution >= 4 is 32.6 Å². The number of aromatic amines is 1. The second-order valence-electron chi connectivity index (χ2n) is 9.50. The Morgan fingerprint density at radius 2 is 1.28 bits per heavy atom. The standard InChI is InChI=1S/C31H23N/c1-31(2)29-22(15-14-20-12-13-21(18-25(20)29)19-8-4-3-5-9-19)23-16-17-27-28(30(23)31)24-10-6-7-11-26(24)32-27/h3-18,32H,1-2H3. The van der Waals surface area contributed by atoms with Gasteiger partial charge in [0.25, 0.3) is 0 Å². The normalized spacial score (nSPS) is 14.2. The third-order valence-corrected chi connectivity index (χ3v) is 7.34. The van der Waals surface area contributed by atoms with Gasteiger partial charge in [-0.15, -0.1) is 0 Å². The highest BCUT2D eigenvalue weighted by molar-refractivity contribution is 6.14. The van der Waals surface area contributed by atoms with Crippen LogP contribution in [0.3, 0.4) is 0 Å². The van der Waals surface area contributed by atoms with Crippen LogP contribution in [0, 0.1) is 0 Å². The Labute approximate surface area is 187 Å². The summed E-state index contributed by atoms with van der Waals surface area (Å²) in [6.07, 6.45) is 0. The second kappa shape index (κ2) is 6.11. The van der Waals surface area contributed by atoms with Crippen molar-refractivity contribution in [3.63, 3.8) is 0 Å². The summed E-state index contributed by atoms with van der Waals surface area (Å²) >= 11 is 0. The van der Waals surface area contributed by atoms with Gasteiger partial charge in [-0.25, -0.2) is 0 Å². The molecule has 0 unspecified atom stereocenters. The quantitative estimate of drug-likeness (QED) is 0.280. The van der Waals surface area contributed by atoms with Gasteiger partial charge in [0.05, 0.1) is 0 Å². The molecule has 7 rings (SSSR count). The molecule has 0 spiro atoms. The maximum Gasteiger partial charge on any atom is 0.0468 e. The maximum atomic E-state index is 3.64. The predicted octanol–water partition coefficient (Wildman–Crippen LogP) is 8.45. The van der Waals surface area contributed by atoms with E-state index in [1.807, 2.05) is 0 Å². The van der Waals surface area contributed by atoms with Gasteiger partial charge < -0.3 is 4.98 Å². The zero-order valence-electron chi connectivity index (χ0n) is 18.2. The number of H-pyrrole nitrogens is 1. The fourth-order valence-corrected chi connectivity index (χ4v) is 5.97. The highest BCUT2D eigenvalue weighted by Crippen LogP contribution is 2.54. The van der Waals surface area contributed by atoms with Crippen LogP contribution in [0.5, 0.6) is 0 Å². The zero-order valence-corrected chi connectivity index (χ0v) is 18.2. The molecule has 1 nitrogen and oxygen atoms in total. The van der Waals surface area contributed by atoms with Crippen LogP contribution in [0.15, 0.2) is 97.1 Å². The van der Waals surface area contributed by atoms with Gasteiger partial charge in [-0.1, -0.05) is 92.7 Å². The van der Waals surface area contributed by atoms with E-state index in [0.29, 0.717) is 0 Å². The third-order valence-electron chi connectivity index (χ3n) is 7.34. The van der Waals surface area contributed by atoms with E-state index in [-0.39, 0.29) is 5.41 Å². The molecular weight excluding hydrogens is 386 g/mol. The summed E-state index contributed by atoms with van der Waals surface area (Å²) in [7, 11) is 0. The minimum Gasteiger partial charge on any atom is -0.355 e. The molecule has 0 radical (unpaired) electrons. The summed E-state index contributed by atoms with van der Waals surface area (Å²) in [5.74, 6) is 0. The van der Waals surface area contributed by atoms with Crippen molar-refractivity contribution in [2.24, 2.45) is 0 Å². The molecular formula is C31H23N. The van der Waals surface area contributed by atoms with Crippen LogP contribution in [-0.2, 0) is 5.41 Å². The first-order chi connectivity index (χ1) is 15.6. The molecule has 5 aromatic carbocycles. The largest absolute Gasteiger partial charge is 0.355 e. The molecule has 0 saturated heterocycles. The molecule has 6 aromatic rings. The van der Waals surface area contributed by atoms with E-state index in [2.05, 4.69) is 116 Å². The molecule has 0 fully saturated rings. The maximum absolute atomic E-state index is 3.64. The first-order valence-corrected chi connectivity index (χ1v) is 11.3. The van der Waals surface area contributed by atoms with Crippen molar-refractivity contribution in [1.29, 1.82) is 0 Å². The van der Waals surface area contributed by atoms with E-state index in [1.165, 1.54) is 66.0 Å². The van der Waals surface area contributed by atoms with E-state index >= 15 is 0 Å². The monoisotopic (exact) mass is 409 g/mol. The average Bonchev–Trinajstić information content (AvgIpc) is 3.31. The molecule has 0 aliphatic heterocycles. The Morgan fingerprint density at radius 3 is 2.16 bits per heavy atom. The second-order valence-corrected chi connectivity index (χ2v) is 9.50. The molecule has 0 bridgehead atoms. The number of benzene rings is 5. The number of fused-ring (bicyclic) bond motifs is 9. The Kier molecular flexibility index (Phi) is 3.40. The van der Waals surface area contributed by atoms with Gasteiger partial charge in [0.1, 0.15) is 0 Å². The van der Waals surface area contributed by atoms with Crippen LogP contribution in [0.25, 0.3) is 54.8 Å².